The largest absolute Gasteiger partial charge is 0.395 e. The van der Waals surface area contributed by atoms with Gasteiger partial charge in [0.2, 0.25) is 0 Å². The van der Waals surface area contributed by atoms with Crippen LogP contribution in [0.1, 0.15) is 15.9 Å². The van der Waals surface area contributed by atoms with Gasteiger partial charge in [-0.15, -0.1) is 0 Å². The van der Waals surface area contributed by atoms with Crippen LogP contribution in [0.5, 0.6) is 0 Å². The summed E-state index contributed by atoms with van der Waals surface area (Å²) in [5.41, 5.74) is 1.42. The van der Waals surface area contributed by atoms with E-state index in [-0.39, 0.29) is 12.5 Å². The number of hydrogen-bond donors (Lipinski definition) is 1. The first-order valence-corrected chi connectivity index (χ1v) is 4.43. The molecule has 1 aromatic carbocycles. The predicted molar refractivity (Wildman–Crippen MR) is 54.9 cm³/mol. The Morgan fingerprint density at radius 1 is 1.57 bits per heavy atom. The van der Waals surface area contributed by atoms with Crippen LogP contribution in [0.3, 0.4) is 0 Å². The molecule has 75 valence electrons. The van der Waals surface area contributed by atoms with E-state index in [0.29, 0.717) is 12.1 Å². The first kappa shape index (κ1) is 10.7. The van der Waals surface area contributed by atoms with Crippen molar-refractivity contribution in [2.45, 2.75) is 0 Å². The molecular formula is C11H14NO2. The van der Waals surface area contributed by atoms with Crippen LogP contribution in [0.15, 0.2) is 24.3 Å². The fourth-order valence-electron chi connectivity index (χ4n) is 1.18. The minimum absolute atomic E-state index is 0.0215. The molecule has 0 fully saturated rings. The van der Waals surface area contributed by atoms with Crippen molar-refractivity contribution >= 4 is 5.91 Å². The first-order chi connectivity index (χ1) is 6.65. The van der Waals surface area contributed by atoms with E-state index in [1.807, 2.05) is 6.07 Å². The minimum atomic E-state index is -0.0930. The Hall–Kier alpha value is -1.35. The summed E-state index contributed by atoms with van der Waals surface area (Å²) in [5, 5.41) is 8.68. The summed E-state index contributed by atoms with van der Waals surface area (Å²) in [7, 11) is 1.66. The summed E-state index contributed by atoms with van der Waals surface area (Å²) in [6, 6.07) is 7.10. The molecule has 1 N–H and O–H groups in total. The maximum atomic E-state index is 11.7. The molecule has 0 aliphatic rings. The third-order valence-electron chi connectivity index (χ3n) is 1.96. The molecule has 1 rings (SSSR count). The molecule has 1 amide bonds. The van der Waals surface area contributed by atoms with Gasteiger partial charge in [-0.3, -0.25) is 4.79 Å². The van der Waals surface area contributed by atoms with Crippen molar-refractivity contribution < 1.29 is 9.90 Å². The molecule has 14 heavy (non-hydrogen) atoms. The Morgan fingerprint density at radius 2 is 2.29 bits per heavy atom. The van der Waals surface area contributed by atoms with Crippen molar-refractivity contribution in [3.05, 3.63) is 42.3 Å². The highest BCUT2D eigenvalue weighted by Gasteiger charge is 2.10. The second-order valence-corrected chi connectivity index (χ2v) is 3.15. The molecule has 0 aliphatic carbocycles. The summed E-state index contributed by atoms with van der Waals surface area (Å²) >= 11 is 0. The minimum Gasteiger partial charge on any atom is -0.395 e. The summed E-state index contributed by atoms with van der Waals surface area (Å²) in [4.78, 5) is 13.2. The molecule has 1 radical (unpaired) electrons. The van der Waals surface area contributed by atoms with Crippen molar-refractivity contribution in [2.75, 3.05) is 20.2 Å². The van der Waals surface area contributed by atoms with E-state index < -0.39 is 0 Å². The van der Waals surface area contributed by atoms with Crippen LogP contribution in [0.4, 0.5) is 0 Å². The van der Waals surface area contributed by atoms with Gasteiger partial charge in [0, 0.05) is 19.2 Å². The number of benzene rings is 1. The maximum Gasteiger partial charge on any atom is 0.253 e. The molecule has 0 saturated carbocycles. The van der Waals surface area contributed by atoms with Gasteiger partial charge in [0.05, 0.1) is 6.61 Å². The van der Waals surface area contributed by atoms with Crippen LogP contribution in [0.2, 0.25) is 0 Å². The third kappa shape index (κ3) is 2.57. The zero-order valence-corrected chi connectivity index (χ0v) is 8.23. The van der Waals surface area contributed by atoms with Gasteiger partial charge in [0.1, 0.15) is 0 Å². The lowest BCUT2D eigenvalue weighted by Crippen LogP contribution is -2.29. The van der Waals surface area contributed by atoms with Crippen molar-refractivity contribution in [2.24, 2.45) is 0 Å². The van der Waals surface area contributed by atoms with Crippen molar-refractivity contribution in [3.63, 3.8) is 0 Å². The van der Waals surface area contributed by atoms with Crippen LogP contribution >= 0.6 is 0 Å². The second-order valence-electron chi connectivity index (χ2n) is 3.15. The molecule has 0 aliphatic heterocycles. The number of carbonyl (C=O) groups is 1. The summed E-state index contributed by atoms with van der Waals surface area (Å²) in [6.07, 6.45) is 0. The van der Waals surface area contributed by atoms with E-state index in [1.165, 1.54) is 4.90 Å². The smallest absolute Gasteiger partial charge is 0.253 e. The van der Waals surface area contributed by atoms with E-state index in [9.17, 15) is 4.79 Å². The molecule has 0 unspecified atom stereocenters. The number of aliphatic hydroxyl groups excluding tert-OH is 1. The Kier molecular flexibility index (Phi) is 3.65. The van der Waals surface area contributed by atoms with Gasteiger partial charge in [-0.25, -0.2) is 0 Å². The second kappa shape index (κ2) is 4.77. The normalized spacial score (nSPS) is 9.93. The number of hydrogen-bond acceptors (Lipinski definition) is 2. The van der Waals surface area contributed by atoms with Crippen molar-refractivity contribution in [1.29, 1.82) is 0 Å². The van der Waals surface area contributed by atoms with Gasteiger partial charge in [-0.05, 0) is 24.6 Å². The van der Waals surface area contributed by atoms with E-state index in [1.54, 1.807) is 25.2 Å². The van der Waals surface area contributed by atoms with Gasteiger partial charge in [-0.2, -0.15) is 0 Å². The first-order valence-electron chi connectivity index (χ1n) is 4.43. The highest BCUT2D eigenvalue weighted by atomic mass is 16.3. The lowest BCUT2D eigenvalue weighted by Gasteiger charge is -2.15. The number of nitrogens with zero attached hydrogens (tertiary/aromatic N) is 1. The van der Waals surface area contributed by atoms with Crippen molar-refractivity contribution in [1.82, 2.24) is 4.90 Å². The quantitative estimate of drug-likeness (QED) is 0.774. The molecule has 3 heteroatoms. The third-order valence-corrected chi connectivity index (χ3v) is 1.96. The summed E-state index contributed by atoms with van der Waals surface area (Å²) in [5.74, 6) is -0.0930. The molecule has 0 atom stereocenters. The summed E-state index contributed by atoms with van der Waals surface area (Å²) < 4.78 is 0. The van der Waals surface area contributed by atoms with Crippen molar-refractivity contribution in [3.8, 4) is 0 Å². The lowest BCUT2D eigenvalue weighted by molar-refractivity contribution is 0.0767. The van der Waals surface area contributed by atoms with E-state index in [2.05, 4.69) is 6.92 Å². The number of likely N-dealkylation sites (N-methyl/N-ethyl adjacent to an activating group) is 1. The van der Waals surface area contributed by atoms with E-state index >= 15 is 0 Å². The molecule has 1 aromatic rings. The Labute approximate surface area is 84.0 Å². The van der Waals surface area contributed by atoms with Gasteiger partial charge in [-0.1, -0.05) is 12.1 Å². The molecule has 0 aromatic heterocycles. The molecule has 0 spiro atoms. The SMILES string of the molecule is [CH2]c1cccc(C(=O)N(C)CCO)c1. The molecule has 3 nitrogen and oxygen atoms in total. The van der Waals surface area contributed by atoms with E-state index in [4.69, 9.17) is 5.11 Å². The Morgan fingerprint density at radius 3 is 2.86 bits per heavy atom. The summed E-state index contributed by atoms with van der Waals surface area (Å²) in [6.45, 7) is 4.07. The Balaban J connectivity index is 2.78. The number of aliphatic hydroxyl groups is 1. The Bertz CT molecular complexity index is 323. The highest BCUT2D eigenvalue weighted by molar-refractivity contribution is 5.94. The lowest BCUT2D eigenvalue weighted by atomic mass is 10.1. The van der Waals surface area contributed by atoms with Crippen LogP contribution in [-0.4, -0.2) is 36.1 Å². The molecule has 0 saturated heterocycles. The average Bonchev–Trinajstić information content (AvgIpc) is 2.17. The predicted octanol–water partition coefficient (Wildman–Crippen LogP) is 0.933. The topological polar surface area (TPSA) is 40.5 Å². The molecule has 0 bridgehead atoms. The van der Waals surface area contributed by atoms with Gasteiger partial charge >= 0.3 is 0 Å². The average molecular weight is 192 g/mol. The fraction of sp³-hybridized carbons (Fsp3) is 0.273. The maximum absolute atomic E-state index is 11.7. The zero-order valence-electron chi connectivity index (χ0n) is 8.23. The van der Waals surface area contributed by atoms with E-state index in [0.717, 1.165) is 5.56 Å². The van der Waals surface area contributed by atoms with Gasteiger partial charge in [0.25, 0.3) is 5.91 Å². The van der Waals surface area contributed by atoms with Gasteiger partial charge in [0.15, 0.2) is 0 Å². The fourth-order valence-corrected chi connectivity index (χ4v) is 1.18. The number of rotatable bonds is 3. The molecular weight excluding hydrogens is 178 g/mol. The zero-order chi connectivity index (χ0) is 10.6. The van der Waals surface area contributed by atoms with Crippen LogP contribution < -0.4 is 0 Å². The molecule has 0 heterocycles. The monoisotopic (exact) mass is 192 g/mol. The number of carbonyl (C=O) groups excluding carboxylic acids is 1. The van der Waals surface area contributed by atoms with Gasteiger partial charge < -0.3 is 10.0 Å². The van der Waals surface area contributed by atoms with Crippen LogP contribution in [0.25, 0.3) is 0 Å². The van der Waals surface area contributed by atoms with Crippen LogP contribution in [-0.2, 0) is 0 Å². The number of amides is 1. The highest BCUT2D eigenvalue weighted by Crippen LogP contribution is 2.06. The standard InChI is InChI=1S/C11H14NO2/c1-9-4-3-5-10(8-9)11(14)12(2)6-7-13/h3-5,8,13H,1,6-7H2,2H3. The van der Waals surface area contributed by atoms with Crippen LogP contribution in [0, 0.1) is 6.92 Å².